The number of hydrogen-bond donors (Lipinski definition) is 2. The number of likely N-dealkylation sites (N-methyl/N-ethyl adjacent to an activating group) is 1. The van der Waals surface area contributed by atoms with Gasteiger partial charge in [-0.3, -0.25) is 4.79 Å². The molecule has 1 unspecified atom stereocenters. The van der Waals surface area contributed by atoms with E-state index in [4.69, 9.17) is 15.2 Å². The fraction of sp³-hybridized carbons (Fsp3) is 0.417. The Morgan fingerprint density at radius 2 is 2.12 bits per heavy atom. The molecule has 92 valence electrons. The Hall–Kier alpha value is -1.75. The van der Waals surface area contributed by atoms with Gasteiger partial charge in [0, 0.05) is 13.6 Å². The zero-order valence-electron chi connectivity index (χ0n) is 9.73. The van der Waals surface area contributed by atoms with Crippen LogP contribution >= 0.6 is 0 Å². The fourth-order valence-corrected chi connectivity index (χ4v) is 1.85. The molecule has 3 N–H and O–H groups in total. The number of benzene rings is 1. The Morgan fingerprint density at radius 3 is 2.76 bits per heavy atom. The van der Waals surface area contributed by atoms with E-state index in [1.807, 2.05) is 18.2 Å². The van der Waals surface area contributed by atoms with E-state index in [1.54, 1.807) is 7.05 Å². The van der Waals surface area contributed by atoms with Gasteiger partial charge in [0.1, 0.15) is 13.2 Å². The second kappa shape index (κ2) is 5.05. The highest BCUT2D eigenvalue weighted by Gasteiger charge is 2.20. The molecule has 1 amide bonds. The number of hydrogen-bond acceptors (Lipinski definition) is 4. The van der Waals surface area contributed by atoms with Gasteiger partial charge in [0.25, 0.3) is 0 Å². The summed E-state index contributed by atoms with van der Waals surface area (Å²) >= 11 is 0. The molecule has 0 fully saturated rings. The van der Waals surface area contributed by atoms with Crippen molar-refractivity contribution in [3.05, 3.63) is 23.8 Å². The molecule has 1 atom stereocenters. The molecule has 0 aromatic heterocycles. The van der Waals surface area contributed by atoms with Crippen LogP contribution < -0.4 is 20.5 Å². The summed E-state index contributed by atoms with van der Waals surface area (Å²) in [7, 11) is 1.60. The normalized spacial score (nSPS) is 15.2. The highest BCUT2D eigenvalue weighted by molar-refractivity contribution is 5.83. The molecule has 0 aliphatic carbocycles. The van der Waals surface area contributed by atoms with Gasteiger partial charge in [-0.05, 0) is 17.7 Å². The fourth-order valence-electron chi connectivity index (χ4n) is 1.85. The highest BCUT2D eigenvalue weighted by atomic mass is 16.6. The number of nitrogens with one attached hydrogen (secondary N) is 1. The number of nitrogens with two attached hydrogens (primary N) is 1. The molecular formula is C12H16N2O3. The molecule has 5 nitrogen and oxygen atoms in total. The van der Waals surface area contributed by atoms with Crippen LogP contribution in [0.5, 0.6) is 11.5 Å². The molecule has 1 aliphatic rings. The van der Waals surface area contributed by atoms with E-state index in [-0.39, 0.29) is 18.4 Å². The maximum Gasteiger partial charge on any atom is 0.228 e. The SMILES string of the molecule is CNC(=O)C(CN)c1ccc2c(c1)OCCO2. The minimum absolute atomic E-state index is 0.0934. The van der Waals surface area contributed by atoms with E-state index < -0.39 is 0 Å². The van der Waals surface area contributed by atoms with Crippen LogP contribution in [0, 0.1) is 0 Å². The third-order valence-corrected chi connectivity index (χ3v) is 2.77. The summed E-state index contributed by atoms with van der Waals surface area (Å²) in [5.41, 5.74) is 6.47. The van der Waals surface area contributed by atoms with Gasteiger partial charge in [0.2, 0.25) is 5.91 Å². The van der Waals surface area contributed by atoms with Crippen molar-refractivity contribution in [2.75, 3.05) is 26.8 Å². The Morgan fingerprint density at radius 1 is 1.41 bits per heavy atom. The van der Waals surface area contributed by atoms with Crippen molar-refractivity contribution >= 4 is 5.91 Å². The molecule has 0 saturated carbocycles. The predicted molar refractivity (Wildman–Crippen MR) is 63.3 cm³/mol. The predicted octanol–water partition coefficient (Wildman–Crippen LogP) is 0.246. The lowest BCUT2D eigenvalue weighted by Crippen LogP contribution is -2.31. The zero-order chi connectivity index (χ0) is 12.3. The molecular weight excluding hydrogens is 220 g/mol. The second-order valence-corrected chi connectivity index (χ2v) is 3.81. The van der Waals surface area contributed by atoms with Crippen molar-refractivity contribution in [1.82, 2.24) is 5.32 Å². The van der Waals surface area contributed by atoms with E-state index in [0.29, 0.717) is 24.7 Å². The van der Waals surface area contributed by atoms with Crippen molar-refractivity contribution in [3.63, 3.8) is 0 Å². The summed E-state index contributed by atoms with van der Waals surface area (Å²) in [4.78, 5) is 11.6. The van der Waals surface area contributed by atoms with Crippen LogP contribution in [0.3, 0.4) is 0 Å². The summed E-state index contributed by atoms with van der Waals surface area (Å²) in [6.45, 7) is 1.35. The lowest BCUT2D eigenvalue weighted by atomic mass is 9.98. The van der Waals surface area contributed by atoms with Crippen LogP contribution in [0.1, 0.15) is 11.5 Å². The first kappa shape index (κ1) is 11.7. The van der Waals surface area contributed by atoms with Crippen molar-refractivity contribution < 1.29 is 14.3 Å². The first-order valence-electron chi connectivity index (χ1n) is 5.57. The van der Waals surface area contributed by atoms with E-state index in [1.165, 1.54) is 0 Å². The first-order chi connectivity index (χ1) is 8.26. The number of fused-ring (bicyclic) bond motifs is 1. The van der Waals surface area contributed by atoms with Gasteiger partial charge in [0.15, 0.2) is 11.5 Å². The Kier molecular flexibility index (Phi) is 3.49. The van der Waals surface area contributed by atoms with Crippen LogP contribution in [-0.4, -0.2) is 32.7 Å². The van der Waals surface area contributed by atoms with Crippen molar-refractivity contribution in [3.8, 4) is 11.5 Å². The molecule has 0 bridgehead atoms. The van der Waals surface area contributed by atoms with Crippen LogP contribution in [-0.2, 0) is 4.79 Å². The quantitative estimate of drug-likeness (QED) is 0.788. The van der Waals surface area contributed by atoms with Crippen LogP contribution in [0.4, 0.5) is 0 Å². The monoisotopic (exact) mass is 236 g/mol. The Labute approximate surface area is 99.9 Å². The lowest BCUT2D eigenvalue weighted by Gasteiger charge is -2.21. The van der Waals surface area contributed by atoms with Gasteiger partial charge in [0.05, 0.1) is 5.92 Å². The molecule has 1 heterocycles. The van der Waals surface area contributed by atoms with Crippen molar-refractivity contribution in [2.45, 2.75) is 5.92 Å². The average molecular weight is 236 g/mol. The van der Waals surface area contributed by atoms with Crippen LogP contribution in [0.15, 0.2) is 18.2 Å². The van der Waals surface area contributed by atoms with E-state index >= 15 is 0 Å². The Bertz CT molecular complexity index is 420. The molecule has 1 aromatic rings. The third-order valence-electron chi connectivity index (χ3n) is 2.77. The minimum Gasteiger partial charge on any atom is -0.486 e. The van der Waals surface area contributed by atoms with Gasteiger partial charge >= 0.3 is 0 Å². The standard InChI is InChI=1S/C12H16N2O3/c1-14-12(15)9(7-13)8-2-3-10-11(6-8)17-5-4-16-10/h2-3,6,9H,4-5,7,13H2,1H3,(H,14,15). The molecule has 2 rings (SSSR count). The number of carbonyl (C=O) groups excluding carboxylic acids is 1. The zero-order valence-corrected chi connectivity index (χ0v) is 9.73. The molecule has 17 heavy (non-hydrogen) atoms. The summed E-state index contributed by atoms with van der Waals surface area (Å²) in [6, 6.07) is 5.48. The van der Waals surface area contributed by atoms with Crippen LogP contribution in [0.2, 0.25) is 0 Å². The minimum atomic E-state index is -0.351. The van der Waals surface area contributed by atoms with E-state index in [2.05, 4.69) is 5.32 Å². The van der Waals surface area contributed by atoms with Gasteiger partial charge in [-0.25, -0.2) is 0 Å². The lowest BCUT2D eigenvalue weighted by molar-refractivity contribution is -0.121. The smallest absolute Gasteiger partial charge is 0.228 e. The highest BCUT2D eigenvalue weighted by Crippen LogP contribution is 2.32. The van der Waals surface area contributed by atoms with Gasteiger partial charge in [-0.2, -0.15) is 0 Å². The topological polar surface area (TPSA) is 73.6 Å². The van der Waals surface area contributed by atoms with Gasteiger partial charge < -0.3 is 20.5 Å². The molecule has 1 aliphatic heterocycles. The maximum absolute atomic E-state index is 11.6. The summed E-state index contributed by atoms with van der Waals surface area (Å²) < 4.78 is 10.9. The second-order valence-electron chi connectivity index (χ2n) is 3.81. The largest absolute Gasteiger partial charge is 0.486 e. The number of ether oxygens (including phenoxy) is 2. The van der Waals surface area contributed by atoms with E-state index in [9.17, 15) is 4.79 Å². The molecule has 5 heteroatoms. The number of rotatable bonds is 3. The molecule has 1 aromatic carbocycles. The van der Waals surface area contributed by atoms with Crippen LogP contribution in [0.25, 0.3) is 0 Å². The first-order valence-corrected chi connectivity index (χ1v) is 5.57. The summed E-state index contributed by atoms with van der Waals surface area (Å²) in [5.74, 6) is 0.948. The number of amides is 1. The third kappa shape index (κ3) is 2.34. The van der Waals surface area contributed by atoms with E-state index in [0.717, 1.165) is 5.56 Å². The molecule has 0 radical (unpaired) electrons. The average Bonchev–Trinajstić information content (AvgIpc) is 2.39. The van der Waals surface area contributed by atoms with Gasteiger partial charge in [-0.15, -0.1) is 0 Å². The Balaban J connectivity index is 2.29. The molecule has 0 spiro atoms. The van der Waals surface area contributed by atoms with Gasteiger partial charge in [-0.1, -0.05) is 6.07 Å². The van der Waals surface area contributed by atoms with Crippen molar-refractivity contribution in [1.29, 1.82) is 0 Å². The molecule has 0 saturated heterocycles. The maximum atomic E-state index is 11.6. The summed E-state index contributed by atoms with van der Waals surface area (Å²) in [6.07, 6.45) is 0. The van der Waals surface area contributed by atoms with Crippen molar-refractivity contribution in [2.24, 2.45) is 5.73 Å². The number of carbonyl (C=O) groups is 1. The summed E-state index contributed by atoms with van der Waals surface area (Å²) in [5, 5.41) is 2.60.